The van der Waals surface area contributed by atoms with Crippen LogP contribution in [0.2, 0.25) is 0 Å². The van der Waals surface area contributed by atoms with Crippen molar-refractivity contribution in [2.24, 2.45) is 4.99 Å². The maximum atomic E-state index is 11.9. The van der Waals surface area contributed by atoms with Gasteiger partial charge in [-0.3, -0.25) is 24.2 Å². The van der Waals surface area contributed by atoms with Crippen LogP contribution in [-0.2, 0) is 42.9 Å². The standard InChI is InChI=1S/C22H27NO10/c1-12(24)29-11-18-20(30-13(2)25)21(31-14(3)26)19(22(33-18)32-15(4)27)23-10-16-6-8-17(28-5)9-7-16/h6-10,18-22H,11H2,1-5H3/t18-,19+,20+,21-,22-/m1/s1. The van der Waals surface area contributed by atoms with Gasteiger partial charge in [-0.15, -0.1) is 0 Å². The summed E-state index contributed by atoms with van der Waals surface area (Å²) in [5.41, 5.74) is 0.671. The summed E-state index contributed by atoms with van der Waals surface area (Å²) in [5.74, 6) is -2.00. The highest BCUT2D eigenvalue weighted by Gasteiger charge is 2.51. The predicted octanol–water partition coefficient (Wildman–Crippen LogP) is 1.20. The van der Waals surface area contributed by atoms with Crippen molar-refractivity contribution in [3.63, 3.8) is 0 Å². The van der Waals surface area contributed by atoms with Gasteiger partial charge in [0.15, 0.2) is 18.2 Å². The molecule has 5 atom stereocenters. The van der Waals surface area contributed by atoms with E-state index in [9.17, 15) is 19.2 Å². The summed E-state index contributed by atoms with van der Waals surface area (Å²) in [4.78, 5) is 51.1. The molecule has 1 saturated heterocycles. The zero-order valence-corrected chi connectivity index (χ0v) is 19.0. The molecule has 1 aliphatic rings. The second kappa shape index (κ2) is 12.0. The van der Waals surface area contributed by atoms with E-state index < -0.39 is 54.5 Å². The molecule has 0 N–H and O–H groups in total. The first-order valence-corrected chi connectivity index (χ1v) is 10.1. The lowest BCUT2D eigenvalue weighted by molar-refractivity contribution is -0.266. The number of nitrogens with zero attached hydrogens (tertiary/aromatic N) is 1. The third-order valence-corrected chi connectivity index (χ3v) is 4.46. The number of aliphatic imine (C=N–C) groups is 1. The maximum absolute atomic E-state index is 11.9. The van der Waals surface area contributed by atoms with Gasteiger partial charge in [0.05, 0.1) is 7.11 Å². The molecule has 1 heterocycles. The van der Waals surface area contributed by atoms with Crippen molar-refractivity contribution >= 4 is 30.1 Å². The molecule has 0 spiro atoms. The van der Waals surface area contributed by atoms with Gasteiger partial charge in [-0.2, -0.15) is 0 Å². The Morgan fingerprint density at radius 3 is 1.97 bits per heavy atom. The van der Waals surface area contributed by atoms with Gasteiger partial charge in [-0.25, -0.2) is 0 Å². The van der Waals surface area contributed by atoms with E-state index >= 15 is 0 Å². The summed E-state index contributed by atoms with van der Waals surface area (Å²) in [6.07, 6.45) is -3.31. The highest BCUT2D eigenvalue weighted by Crippen LogP contribution is 2.30. The Morgan fingerprint density at radius 1 is 0.879 bits per heavy atom. The third-order valence-electron chi connectivity index (χ3n) is 4.46. The molecule has 180 valence electrons. The number of carbonyl (C=O) groups excluding carboxylic acids is 4. The number of rotatable bonds is 8. The van der Waals surface area contributed by atoms with Crippen molar-refractivity contribution in [3.05, 3.63) is 29.8 Å². The van der Waals surface area contributed by atoms with Gasteiger partial charge in [0, 0.05) is 33.9 Å². The number of methoxy groups -OCH3 is 1. The molecule has 1 aromatic carbocycles. The first kappa shape index (κ1) is 25.8. The molecule has 1 fully saturated rings. The van der Waals surface area contributed by atoms with E-state index in [0.717, 1.165) is 0 Å². The summed E-state index contributed by atoms with van der Waals surface area (Å²) in [6.45, 7) is 4.37. The second-order valence-corrected chi connectivity index (χ2v) is 7.14. The van der Waals surface area contributed by atoms with Crippen LogP contribution in [0.1, 0.15) is 33.3 Å². The fraction of sp³-hybridized carbons (Fsp3) is 0.500. The quantitative estimate of drug-likeness (QED) is 0.313. The molecule has 11 nitrogen and oxygen atoms in total. The smallest absolute Gasteiger partial charge is 0.305 e. The summed E-state index contributed by atoms with van der Waals surface area (Å²) >= 11 is 0. The van der Waals surface area contributed by atoms with E-state index in [1.165, 1.54) is 41.0 Å². The minimum Gasteiger partial charge on any atom is -0.497 e. The number of esters is 4. The highest BCUT2D eigenvalue weighted by molar-refractivity contribution is 5.80. The molecule has 1 aliphatic heterocycles. The highest BCUT2D eigenvalue weighted by atomic mass is 16.7. The van der Waals surface area contributed by atoms with Gasteiger partial charge in [0.2, 0.25) is 6.29 Å². The summed E-state index contributed by atoms with van der Waals surface area (Å²) in [5, 5.41) is 0. The van der Waals surface area contributed by atoms with Crippen molar-refractivity contribution in [2.75, 3.05) is 13.7 Å². The summed E-state index contributed by atoms with van der Waals surface area (Å²) in [7, 11) is 1.54. The Balaban J connectivity index is 2.45. The molecule has 0 aromatic heterocycles. The Hall–Kier alpha value is -3.47. The van der Waals surface area contributed by atoms with E-state index in [1.807, 2.05) is 0 Å². The Kier molecular flexibility index (Phi) is 9.34. The van der Waals surface area contributed by atoms with Crippen LogP contribution >= 0.6 is 0 Å². The molecule has 11 heteroatoms. The Morgan fingerprint density at radius 2 is 1.45 bits per heavy atom. The molecule has 0 unspecified atom stereocenters. The van der Waals surface area contributed by atoms with E-state index in [-0.39, 0.29) is 6.61 Å². The van der Waals surface area contributed by atoms with Crippen molar-refractivity contribution in [1.82, 2.24) is 0 Å². The normalized spacial score (nSPS) is 24.6. The largest absolute Gasteiger partial charge is 0.497 e. The first-order chi connectivity index (χ1) is 15.6. The molecular weight excluding hydrogens is 438 g/mol. The summed E-state index contributed by atoms with van der Waals surface area (Å²) < 4.78 is 32.0. The average Bonchev–Trinajstić information content (AvgIpc) is 2.73. The van der Waals surface area contributed by atoms with Crippen LogP contribution in [0, 0.1) is 0 Å². The third kappa shape index (κ3) is 7.86. The van der Waals surface area contributed by atoms with Gasteiger partial charge in [-0.1, -0.05) is 0 Å². The molecule has 0 aliphatic carbocycles. The number of carbonyl (C=O) groups is 4. The molecule has 0 amide bonds. The molecule has 0 saturated carbocycles. The van der Waals surface area contributed by atoms with Crippen molar-refractivity contribution < 1.29 is 47.6 Å². The molecule has 0 radical (unpaired) electrons. The van der Waals surface area contributed by atoms with Crippen LogP contribution in [0.15, 0.2) is 29.3 Å². The van der Waals surface area contributed by atoms with E-state index in [0.29, 0.717) is 11.3 Å². The van der Waals surface area contributed by atoms with Gasteiger partial charge in [0.25, 0.3) is 0 Å². The van der Waals surface area contributed by atoms with Gasteiger partial charge >= 0.3 is 23.9 Å². The Bertz CT molecular complexity index is 882. The Labute approximate surface area is 190 Å². The van der Waals surface area contributed by atoms with Crippen LogP contribution in [0.25, 0.3) is 0 Å². The lowest BCUT2D eigenvalue weighted by Crippen LogP contribution is -2.61. The minimum atomic E-state index is -1.31. The zero-order chi connectivity index (χ0) is 24.5. The van der Waals surface area contributed by atoms with Gasteiger partial charge < -0.3 is 28.4 Å². The van der Waals surface area contributed by atoms with Crippen molar-refractivity contribution in [1.29, 1.82) is 0 Å². The van der Waals surface area contributed by atoms with Crippen LogP contribution in [0.5, 0.6) is 5.75 Å². The van der Waals surface area contributed by atoms with Crippen molar-refractivity contribution in [2.45, 2.75) is 58.3 Å². The number of benzene rings is 1. The second-order valence-electron chi connectivity index (χ2n) is 7.14. The first-order valence-electron chi connectivity index (χ1n) is 10.1. The number of ether oxygens (including phenoxy) is 6. The van der Waals surface area contributed by atoms with E-state index in [4.69, 9.17) is 28.4 Å². The maximum Gasteiger partial charge on any atom is 0.305 e. The van der Waals surface area contributed by atoms with E-state index in [1.54, 1.807) is 24.3 Å². The zero-order valence-electron chi connectivity index (χ0n) is 19.0. The van der Waals surface area contributed by atoms with Crippen LogP contribution in [0.4, 0.5) is 0 Å². The van der Waals surface area contributed by atoms with Crippen LogP contribution in [-0.4, -0.2) is 74.5 Å². The number of hydrogen-bond acceptors (Lipinski definition) is 11. The number of hydrogen-bond donors (Lipinski definition) is 0. The van der Waals surface area contributed by atoms with Crippen LogP contribution in [0.3, 0.4) is 0 Å². The fourth-order valence-corrected chi connectivity index (χ4v) is 3.17. The molecular formula is C22H27NO10. The monoisotopic (exact) mass is 465 g/mol. The van der Waals surface area contributed by atoms with Crippen molar-refractivity contribution in [3.8, 4) is 5.75 Å². The van der Waals surface area contributed by atoms with Crippen LogP contribution < -0.4 is 4.74 Å². The molecule has 2 rings (SSSR count). The molecule has 1 aromatic rings. The van der Waals surface area contributed by atoms with Gasteiger partial charge in [0.1, 0.15) is 18.5 Å². The SMILES string of the molecule is COc1ccc(C=N[C@@H]2[C@H](OC(C)=O)O[C@H](COC(C)=O)[C@H](OC(C)=O)[C@@H]2OC(C)=O)cc1. The summed E-state index contributed by atoms with van der Waals surface area (Å²) in [6, 6.07) is 5.84. The fourth-order valence-electron chi connectivity index (χ4n) is 3.17. The van der Waals surface area contributed by atoms with E-state index in [2.05, 4.69) is 4.99 Å². The topological polar surface area (TPSA) is 136 Å². The average molecular weight is 465 g/mol. The van der Waals surface area contributed by atoms with Gasteiger partial charge in [-0.05, 0) is 29.8 Å². The predicted molar refractivity (Wildman–Crippen MR) is 113 cm³/mol. The lowest BCUT2D eigenvalue weighted by atomic mass is 9.96. The lowest BCUT2D eigenvalue weighted by Gasteiger charge is -2.42. The molecule has 0 bridgehead atoms. The minimum absolute atomic E-state index is 0.336. The molecule has 33 heavy (non-hydrogen) atoms.